The summed E-state index contributed by atoms with van der Waals surface area (Å²) in [4.78, 5) is 15.0. The summed E-state index contributed by atoms with van der Waals surface area (Å²) in [5.41, 5.74) is 0.988. The van der Waals surface area contributed by atoms with Gasteiger partial charge in [0.1, 0.15) is 5.75 Å². The fraction of sp³-hybridized carbons (Fsp3) is 0.591. The van der Waals surface area contributed by atoms with Crippen LogP contribution in [0.1, 0.15) is 58.9 Å². The van der Waals surface area contributed by atoms with Gasteiger partial charge < -0.3 is 9.64 Å². The van der Waals surface area contributed by atoms with E-state index in [0.29, 0.717) is 11.8 Å². The van der Waals surface area contributed by atoms with Crippen LogP contribution in [0.4, 0.5) is 0 Å². The van der Waals surface area contributed by atoms with Gasteiger partial charge in [-0.3, -0.25) is 9.36 Å². The Balaban J connectivity index is 1.73. The second-order valence-electron chi connectivity index (χ2n) is 7.76. The maximum Gasteiger partial charge on any atom is 0.233 e. The number of methoxy groups -OCH3 is 1. The molecule has 1 heterocycles. The van der Waals surface area contributed by atoms with E-state index in [1.165, 1.54) is 31.0 Å². The molecule has 1 saturated carbocycles. The quantitative estimate of drug-likeness (QED) is 0.578. The highest BCUT2D eigenvalue weighted by molar-refractivity contribution is 7.99. The fourth-order valence-electron chi connectivity index (χ4n) is 4.02. The average Bonchev–Trinajstić information content (AvgIpc) is 3.18. The van der Waals surface area contributed by atoms with E-state index in [1.807, 2.05) is 24.3 Å². The lowest BCUT2D eigenvalue weighted by atomic mass is 9.94. The molecule has 6 nitrogen and oxygen atoms in total. The van der Waals surface area contributed by atoms with E-state index in [9.17, 15) is 4.79 Å². The van der Waals surface area contributed by atoms with Gasteiger partial charge in [0.25, 0.3) is 0 Å². The van der Waals surface area contributed by atoms with Crippen LogP contribution in [-0.2, 0) is 4.79 Å². The normalized spacial score (nSPS) is 14.9. The third-order valence-corrected chi connectivity index (χ3v) is 6.46. The first-order valence-corrected chi connectivity index (χ1v) is 11.5. The molecular weight excluding hydrogens is 384 g/mol. The average molecular weight is 417 g/mol. The minimum atomic E-state index is 0.195. The lowest BCUT2D eigenvalue weighted by Gasteiger charge is -2.33. The van der Waals surface area contributed by atoms with Crippen LogP contribution in [-0.4, -0.2) is 51.0 Å². The van der Waals surface area contributed by atoms with E-state index in [0.717, 1.165) is 41.7 Å². The van der Waals surface area contributed by atoms with Crippen molar-refractivity contribution in [3.63, 3.8) is 0 Å². The third kappa shape index (κ3) is 5.13. The molecule has 1 aromatic carbocycles. The van der Waals surface area contributed by atoms with Gasteiger partial charge in [0.2, 0.25) is 5.91 Å². The first-order chi connectivity index (χ1) is 14.0. The Morgan fingerprint density at radius 2 is 1.90 bits per heavy atom. The van der Waals surface area contributed by atoms with Crippen molar-refractivity contribution < 1.29 is 9.53 Å². The van der Waals surface area contributed by atoms with Gasteiger partial charge >= 0.3 is 0 Å². The fourth-order valence-corrected chi connectivity index (χ4v) is 4.97. The summed E-state index contributed by atoms with van der Waals surface area (Å²) in [5.74, 6) is 2.23. The van der Waals surface area contributed by atoms with E-state index in [2.05, 4.69) is 40.4 Å². The number of hydrogen-bond donors (Lipinski definition) is 0. The van der Waals surface area contributed by atoms with Crippen molar-refractivity contribution in [2.45, 2.75) is 70.1 Å². The maximum absolute atomic E-state index is 12.9. The number of aromatic nitrogens is 3. The predicted octanol–water partition coefficient (Wildman–Crippen LogP) is 4.81. The molecule has 29 heavy (non-hydrogen) atoms. The highest BCUT2D eigenvalue weighted by atomic mass is 32.2. The number of thioether (sulfide) groups is 1. The number of carbonyl (C=O) groups excluding carboxylic acids is 1. The van der Waals surface area contributed by atoms with Crippen LogP contribution in [0.3, 0.4) is 0 Å². The lowest BCUT2D eigenvalue weighted by molar-refractivity contribution is -0.131. The van der Waals surface area contributed by atoms with Crippen LogP contribution >= 0.6 is 11.8 Å². The van der Waals surface area contributed by atoms with Gasteiger partial charge in [-0.25, -0.2) is 0 Å². The zero-order valence-electron chi connectivity index (χ0n) is 17.9. The number of hydrogen-bond acceptors (Lipinski definition) is 5. The van der Waals surface area contributed by atoms with Crippen molar-refractivity contribution in [3.8, 4) is 17.1 Å². The molecule has 2 aromatic rings. The Bertz CT molecular complexity index is 798. The van der Waals surface area contributed by atoms with E-state index in [1.54, 1.807) is 7.11 Å². The summed E-state index contributed by atoms with van der Waals surface area (Å²) >= 11 is 1.49. The second kappa shape index (κ2) is 10.1. The molecule has 7 heteroatoms. The Kier molecular flexibility index (Phi) is 7.58. The predicted molar refractivity (Wildman–Crippen MR) is 117 cm³/mol. The number of amides is 1. The third-order valence-electron chi connectivity index (χ3n) is 5.53. The molecule has 0 radical (unpaired) electrons. The van der Waals surface area contributed by atoms with Gasteiger partial charge in [-0.15, -0.1) is 10.2 Å². The first-order valence-electron chi connectivity index (χ1n) is 10.6. The minimum absolute atomic E-state index is 0.195. The largest absolute Gasteiger partial charge is 0.497 e. The standard InChI is InChI=1S/C22H32N4O2S/c1-5-25(18-9-7-6-8-10-18)20(27)15-29-22-24-23-21(26(22)16(2)3)17-11-13-19(28-4)14-12-17/h11-14,16,18H,5-10,15H2,1-4H3. The van der Waals surface area contributed by atoms with Crippen LogP contribution in [0.15, 0.2) is 29.4 Å². The molecule has 0 saturated heterocycles. The number of rotatable bonds is 8. The van der Waals surface area contributed by atoms with Crippen molar-refractivity contribution in [2.75, 3.05) is 19.4 Å². The van der Waals surface area contributed by atoms with Crippen LogP contribution in [0.5, 0.6) is 5.75 Å². The molecule has 0 atom stereocenters. The van der Waals surface area contributed by atoms with Gasteiger partial charge in [0.05, 0.1) is 12.9 Å². The van der Waals surface area contributed by atoms with E-state index >= 15 is 0 Å². The molecule has 1 aromatic heterocycles. The van der Waals surface area contributed by atoms with Crippen molar-refractivity contribution >= 4 is 17.7 Å². The van der Waals surface area contributed by atoms with E-state index in [4.69, 9.17) is 4.74 Å². The summed E-state index contributed by atoms with van der Waals surface area (Å²) in [6.07, 6.45) is 6.02. The minimum Gasteiger partial charge on any atom is -0.497 e. The lowest BCUT2D eigenvalue weighted by Crippen LogP contribution is -2.42. The first kappa shape index (κ1) is 21.7. The molecule has 158 valence electrons. The Morgan fingerprint density at radius 1 is 1.21 bits per heavy atom. The zero-order chi connectivity index (χ0) is 20.8. The Hall–Kier alpha value is -2.02. The van der Waals surface area contributed by atoms with Crippen molar-refractivity contribution in [1.82, 2.24) is 19.7 Å². The van der Waals surface area contributed by atoms with Crippen LogP contribution in [0.2, 0.25) is 0 Å². The zero-order valence-corrected chi connectivity index (χ0v) is 18.7. The van der Waals surface area contributed by atoms with E-state index < -0.39 is 0 Å². The van der Waals surface area contributed by atoms with Gasteiger partial charge in [0.15, 0.2) is 11.0 Å². The van der Waals surface area contributed by atoms with Gasteiger partial charge in [-0.1, -0.05) is 31.0 Å². The summed E-state index contributed by atoms with van der Waals surface area (Å²) < 4.78 is 7.35. The molecule has 1 aliphatic carbocycles. The molecule has 0 N–H and O–H groups in total. The highest BCUT2D eigenvalue weighted by Gasteiger charge is 2.25. The molecule has 0 spiro atoms. The van der Waals surface area contributed by atoms with Crippen molar-refractivity contribution in [1.29, 1.82) is 0 Å². The van der Waals surface area contributed by atoms with Crippen LogP contribution in [0.25, 0.3) is 11.4 Å². The highest BCUT2D eigenvalue weighted by Crippen LogP contribution is 2.29. The summed E-state index contributed by atoms with van der Waals surface area (Å²) in [6, 6.07) is 8.43. The topological polar surface area (TPSA) is 60.3 Å². The molecule has 1 aliphatic rings. The Labute approximate surface area is 178 Å². The molecule has 1 fully saturated rings. The summed E-state index contributed by atoms with van der Waals surface area (Å²) in [5, 5.41) is 9.61. The van der Waals surface area contributed by atoms with Crippen LogP contribution < -0.4 is 4.74 Å². The molecule has 0 unspecified atom stereocenters. The molecule has 0 aliphatic heterocycles. The number of carbonyl (C=O) groups is 1. The number of benzene rings is 1. The summed E-state index contributed by atoms with van der Waals surface area (Å²) in [7, 11) is 1.66. The van der Waals surface area contributed by atoms with Crippen molar-refractivity contribution in [3.05, 3.63) is 24.3 Å². The SMILES string of the molecule is CCN(C(=O)CSc1nnc(-c2ccc(OC)cc2)n1C(C)C)C1CCCCC1. The van der Waals surface area contributed by atoms with E-state index in [-0.39, 0.29) is 11.9 Å². The van der Waals surface area contributed by atoms with Crippen molar-refractivity contribution in [2.24, 2.45) is 0 Å². The molecular formula is C22H32N4O2S. The van der Waals surface area contributed by atoms with Crippen LogP contribution in [0, 0.1) is 0 Å². The second-order valence-corrected chi connectivity index (χ2v) is 8.70. The molecule has 1 amide bonds. The van der Waals surface area contributed by atoms with Gasteiger partial charge in [0, 0.05) is 24.2 Å². The Morgan fingerprint density at radius 3 is 2.48 bits per heavy atom. The molecule has 0 bridgehead atoms. The maximum atomic E-state index is 12.9. The summed E-state index contributed by atoms with van der Waals surface area (Å²) in [6.45, 7) is 7.08. The number of ether oxygens (including phenoxy) is 1. The monoisotopic (exact) mass is 416 g/mol. The molecule has 3 rings (SSSR count). The van der Waals surface area contributed by atoms with Gasteiger partial charge in [-0.2, -0.15) is 0 Å². The number of nitrogens with zero attached hydrogens (tertiary/aromatic N) is 4. The smallest absolute Gasteiger partial charge is 0.233 e. The van der Waals surface area contributed by atoms with Gasteiger partial charge in [-0.05, 0) is 57.9 Å².